The lowest BCUT2D eigenvalue weighted by Gasteiger charge is -2.64. The molecule has 4 aliphatic carbocycles. The molecule has 0 amide bonds. The fourth-order valence-corrected chi connectivity index (χ4v) is 10.6. The molecule has 58 heavy (non-hydrogen) atoms. The van der Waals surface area contributed by atoms with Crippen molar-refractivity contribution in [3.63, 3.8) is 0 Å². The molecule has 326 valence electrons. The number of fused-ring (bicyclic) bond motifs is 5. The maximum Gasteiger partial charge on any atom is 0.344 e. The highest BCUT2D eigenvalue weighted by Crippen LogP contribution is 2.69. The Kier molecular flexibility index (Phi) is 16.5. The van der Waals surface area contributed by atoms with E-state index < -0.39 is 91.3 Å². The van der Waals surface area contributed by atoms with Gasteiger partial charge in [0.05, 0.1) is 53.1 Å². The monoisotopic (exact) mass is 824 g/mol. The number of carbonyl (C=O) groups is 8. The molecule has 4 rings (SSSR count). The molecule has 0 saturated heterocycles. The van der Waals surface area contributed by atoms with E-state index in [2.05, 4.69) is 35.0 Å². The van der Waals surface area contributed by atoms with Crippen molar-refractivity contribution < 1.29 is 81.4 Å². The summed E-state index contributed by atoms with van der Waals surface area (Å²) in [6.07, 6.45) is 2.12. The van der Waals surface area contributed by atoms with Crippen LogP contribution >= 0.6 is 0 Å². The fraction of sp³-hybridized carbons (Fsp3) is 0.805. The quantitative estimate of drug-likeness (QED) is 0.155. The summed E-state index contributed by atoms with van der Waals surface area (Å²) in [5.74, 6) is -5.46. The third-order valence-corrected chi connectivity index (χ3v) is 13.6. The minimum Gasteiger partial charge on any atom is -0.466 e. The zero-order valence-electron chi connectivity index (χ0n) is 34.5. The molecule has 4 aliphatic rings. The van der Waals surface area contributed by atoms with Gasteiger partial charge in [0, 0.05) is 11.8 Å². The van der Waals surface area contributed by atoms with Gasteiger partial charge in [0.1, 0.15) is 12.2 Å². The minimum atomic E-state index is -0.747. The van der Waals surface area contributed by atoms with Gasteiger partial charge in [0.2, 0.25) is 0 Å². The van der Waals surface area contributed by atoms with Gasteiger partial charge in [-0.2, -0.15) is 0 Å². The van der Waals surface area contributed by atoms with Crippen molar-refractivity contribution in [2.45, 2.75) is 123 Å². The van der Waals surface area contributed by atoms with Crippen LogP contribution in [0.3, 0.4) is 0 Å². The van der Waals surface area contributed by atoms with E-state index >= 15 is 0 Å². The molecule has 0 radical (unpaired) electrons. The Morgan fingerprint density at radius 1 is 0.603 bits per heavy atom. The highest BCUT2D eigenvalue weighted by atomic mass is 16.6. The molecule has 0 heterocycles. The van der Waals surface area contributed by atoms with Crippen LogP contribution in [0.25, 0.3) is 0 Å². The van der Waals surface area contributed by atoms with Crippen molar-refractivity contribution >= 4 is 47.8 Å². The van der Waals surface area contributed by atoms with Crippen molar-refractivity contribution in [3.05, 3.63) is 0 Å². The Hall–Kier alpha value is -4.28. The predicted octanol–water partition coefficient (Wildman–Crippen LogP) is 3.17. The summed E-state index contributed by atoms with van der Waals surface area (Å²) in [5.41, 5.74) is -0.881. The molecule has 17 heteroatoms. The number of carbonyl (C=O) groups excluding carboxylic acids is 8. The summed E-state index contributed by atoms with van der Waals surface area (Å²) in [7, 11) is 3.54. The molecular weight excluding hydrogens is 764 g/mol. The molecule has 0 aromatic carbocycles. The second-order valence-electron chi connectivity index (χ2n) is 16.7. The summed E-state index contributed by atoms with van der Waals surface area (Å²) in [6, 6.07) is 0. The van der Waals surface area contributed by atoms with Crippen LogP contribution < -0.4 is 0 Å². The molecule has 17 nitrogen and oxygen atoms in total. The molecule has 11 unspecified atom stereocenters. The Morgan fingerprint density at radius 3 is 1.64 bits per heavy atom. The summed E-state index contributed by atoms with van der Waals surface area (Å²) >= 11 is 0. The molecular formula is C41H60O17. The third kappa shape index (κ3) is 11.3. The van der Waals surface area contributed by atoms with E-state index in [-0.39, 0.29) is 73.0 Å². The van der Waals surface area contributed by atoms with E-state index in [4.69, 9.17) is 23.7 Å². The lowest BCUT2D eigenvalue weighted by Crippen LogP contribution is -2.63. The van der Waals surface area contributed by atoms with Crippen LogP contribution in [0.1, 0.15) is 104 Å². The van der Waals surface area contributed by atoms with Crippen LogP contribution in [0.2, 0.25) is 0 Å². The van der Waals surface area contributed by atoms with Gasteiger partial charge in [0.15, 0.2) is 19.8 Å². The van der Waals surface area contributed by atoms with Gasteiger partial charge < -0.3 is 43.0 Å². The summed E-state index contributed by atoms with van der Waals surface area (Å²) in [4.78, 5) is 97.3. The molecule has 11 atom stereocenters. The molecule has 4 fully saturated rings. The fourth-order valence-electron chi connectivity index (χ4n) is 10.6. The number of aliphatic hydroxyl groups excluding tert-OH is 1. The van der Waals surface area contributed by atoms with Crippen LogP contribution in [0.5, 0.6) is 0 Å². The van der Waals surface area contributed by atoms with E-state index in [1.54, 1.807) is 0 Å². The van der Waals surface area contributed by atoms with Crippen LogP contribution in [0.15, 0.2) is 0 Å². The molecule has 0 aromatic rings. The second-order valence-corrected chi connectivity index (χ2v) is 16.7. The van der Waals surface area contributed by atoms with Gasteiger partial charge in [-0.25, -0.2) is 14.4 Å². The van der Waals surface area contributed by atoms with Gasteiger partial charge in [-0.1, -0.05) is 20.8 Å². The van der Waals surface area contributed by atoms with Crippen molar-refractivity contribution in [1.29, 1.82) is 0 Å². The standard InChI is InChI=1S/C41H60O17/c1-23(7-10-31(43)54-20-36(48)51-4)26-8-9-27-39-28(19-30(41(26,27)3)58-35(47)14-12-33(45)56-22-38(50)53-6)40(2)16-15-25(17-24(40)18-29(39)42)57-34(46)13-11-32(44)55-21-37(49)52-5/h23-30,39,42H,7-22H2,1-6H3. The first kappa shape index (κ1) is 46.4. The minimum absolute atomic E-state index is 0.000282. The number of hydrogen-bond donors (Lipinski definition) is 1. The Labute approximate surface area is 338 Å². The van der Waals surface area contributed by atoms with Crippen molar-refractivity contribution in [2.24, 2.45) is 46.3 Å². The van der Waals surface area contributed by atoms with Crippen molar-refractivity contribution in [3.8, 4) is 0 Å². The van der Waals surface area contributed by atoms with E-state index in [0.29, 0.717) is 38.5 Å². The molecule has 1 N–H and O–H groups in total. The average molecular weight is 825 g/mol. The van der Waals surface area contributed by atoms with Crippen LogP contribution in [0, 0.1) is 46.3 Å². The van der Waals surface area contributed by atoms with Crippen LogP contribution in [-0.2, 0) is 76.3 Å². The molecule has 4 saturated carbocycles. The Morgan fingerprint density at radius 2 is 1.10 bits per heavy atom. The first-order valence-electron chi connectivity index (χ1n) is 20.2. The maximum atomic E-state index is 13.5. The van der Waals surface area contributed by atoms with E-state index in [9.17, 15) is 43.5 Å². The maximum absolute atomic E-state index is 13.5. The SMILES string of the molecule is COC(=O)COC(=O)CCC(=O)OC1CCC2(C)C(C1)CC(O)C1C2CC(OC(=O)CCC(=O)OCC(=O)OC)C2(C)C(C(C)CCC(=O)OCC(=O)OC)CCC12. The second kappa shape index (κ2) is 20.6. The van der Waals surface area contributed by atoms with Gasteiger partial charge in [-0.3, -0.25) is 24.0 Å². The summed E-state index contributed by atoms with van der Waals surface area (Å²) in [5, 5.41) is 12.0. The van der Waals surface area contributed by atoms with Gasteiger partial charge in [-0.05, 0) is 92.3 Å². The highest BCUT2D eigenvalue weighted by Gasteiger charge is 2.67. The zero-order valence-corrected chi connectivity index (χ0v) is 34.5. The molecule has 0 aliphatic heterocycles. The van der Waals surface area contributed by atoms with Crippen molar-refractivity contribution in [2.75, 3.05) is 41.2 Å². The zero-order chi connectivity index (χ0) is 42.8. The van der Waals surface area contributed by atoms with E-state index in [1.807, 2.05) is 0 Å². The first-order chi connectivity index (χ1) is 27.5. The highest BCUT2D eigenvalue weighted by molar-refractivity contribution is 5.81. The first-order valence-corrected chi connectivity index (χ1v) is 20.2. The van der Waals surface area contributed by atoms with Crippen LogP contribution in [-0.4, -0.2) is 112 Å². The normalized spacial score (nSPS) is 31.4. The molecule has 0 spiro atoms. The smallest absolute Gasteiger partial charge is 0.344 e. The van der Waals surface area contributed by atoms with Gasteiger partial charge >= 0.3 is 47.8 Å². The number of esters is 8. The van der Waals surface area contributed by atoms with Crippen LogP contribution in [0.4, 0.5) is 0 Å². The topological polar surface area (TPSA) is 231 Å². The molecule has 0 bridgehead atoms. The number of hydrogen-bond acceptors (Lipinski definition) is 17. The number of methoxy groups -OCH3 is 3. The lowest BCUT2D eigenvalue weighted by atomic mass is 9.43. The van der Waals surface area contributed by atoms with Gasteiger partial charge in [0.25, 0.3) is 0 Å². The molecule has 0 aromatic heterocycles. The van der Waals surface area contributed by atoms with E-state index in [0.717, 1.165) is 12.8 Å². The average Bonchev–Trinajstić information content (AvgIpc) is 3.57. The Bertz CT molecular complexity index is 1530. The summed E-state index contributed by atoms with van der Waals surface area (Å²) in [6.45, 7) is 4.80. The number of aliphatic hydroxyl groups is 1. The third-order valence-electron chi connectivity index (χ3n) is 13.6. The summed E-state index contributed by atoms with van der Waals surface area (Å²) < 4.78 is 40.5. The predicted molar refractivity (Wildman–Crippen MR) is 198 cm³/mol. The number of ether oxygens (including phenoxy) is 8. The van der Waals surface area contributed by atoms with Crippen molar-refractivity contribution in [1.82, 2.24) is 0 Å². The largest absolute Gasteiger partial charge is 0.466 e. The Balaban J connectivity index is 1.48. The van der Waals surface area contributed by atoms with Gasteiger partial charge in [-0.15, -0.1) is 0 Å². The van der Waals surface area contributed by atoms with E-state index in [1.165, 1.54) is 21.3 Å². The number of rotatable bonds is 18. The lowest BCUT2D eigenvalue weighted by molar-refractivity contribution is -0.219.